The van der Waals surface area contributed by atoms with Gasteiger partial charge in [0, 0.05) is 0 Å². The van der Waals surface area contributed by atoms with Gasteiger partial charge in [-0.1, -0.05) is 23.9 Å². The fourth-order valence-corrected chi connectivity index (χ4v) is 2.18. The first kappa shape index (κ1) is 13.5. The van der Waals surface area contributed by atoms with E-state index in [1.165, 1.54) is 11.8 Å². The van der Waals surface area contributed by atoms with Crippen molar-refractivity contribution in [2.24, 2.45) is 0 Å². The Morgan fingerprint density at radius 3 is 2.76 bits per heavy atom. The Morgan fingerprint density at radius 1 is 1.19 bits per heavy atom. The zero-order chi connectivity index (χ0) is 14.8. The molecule has 8 heteroatoms. The van der Waals surface area contributed by atoms with E-state index in [0.717, 1.165) is 0 Å². The molecule has 0 fully saturated rings. The second kappa shape index (κ2) is 5.49. The third kappa shape index (κ3) is 2.45. The SMILES string of the molecule is COc1ccccc1-c1nc2nc(SC)nnc2c(=O)[nH]1. The van der Waals surface area contributed by atoms with E-state index in [0.29, 0.717) is 22.3 Å². The molecule has 0 spiro atoms. The third-order valence-corrected chi connectivity index (χ3v) is 3.40. The van der Waals surface area contributed by atoms with Gasteiger partial charge in [-0.3, -0.25) is 4.79 Å². The highest BCUT2D eigenvalue weighted by atomic mass is 32.2. The largest absolute Gasteiger partial charge is 0.496 e. The van der Waals surface area contributed by atoms with Gasteiger partial charge in [-0.25, -0.2) is 4.98 Å². The number of fused-ring (bicyclic) bond motifs is 1. The quantitative estimate of drug-likeness (QED) is 0.733. The first-order valence-corrected chi connectivity index (χ1v) is 7.27. The molecule has 2 aromatic heterocycles. The highest BCUT2D eigenvalue weighted by molar-refractivity contribution is 7.98. The van der Waals surface area contributed by atoms with Crippen LogP contribution in [0.25, 0.3) is 22.6 Å². The predicted octanol–water partition coefficient (Wildman–Crippen LogP) is 1.51. The predicted molar refractivity (Wildman–Crippen MR) is 79.5 cm³/mol. The Bertz CT molecular complexity index is 865. The van der Waals surface area contributed by atoms with Gasteiger partial charge in [0.2, 0.25) is 5.16 Å². The maximum absolute atomic E-state index is 12.1. The molecule has 3 rings (SSSR count). The second-order valence-electron chi connectivity index (χ2n) is 4.09. The van der Waals surface area contributed by atoms with Crippen molar-refractivity contribution in [2.45, 2.75) is 5.16 Å². The van der Waals surface area contributed by atoms with E-state index in [1.54, 1.807) is 13.2 Å². The van der Waals surface area contributed by atoms with Crippen LogP contribution in [0.2, 0.25) is 0 Å². The van der Waals surface area contributed by atoms with Crippen molar-refractivity contribution in [3.63, 3.8) is 0 Å². The minimum absolute atomic E-state index is 0.117. The molecule has 7 nitrogen and oxygen atoms in total. The van der Waals surface area contributed by atoms with Gasteiger partial charge < -0.3 is 9.72 Å². The molecule has 0 aliphatic rings. The summed E-state index contributed by atoms with van der Waals surface area (Å²) < 4.78 is 5.28. The number of hydrogen-bond acceptors (Lipinski definition) is 7. The van der Waals surface area contributed by atoms with Gasteiger partial charge in [0.25, 0.3) is 5.56 Å². The topological polar surface area (TPSA) is 93.7 Å². The monoisotopic (exact) mass is 301 g/mol. The maximum Gasteiger partial charge on any atom is 0.281 e. The Morgan fingerprint density at radius 2 is 2.00 bits per heavy atom. The summed E-state index contributed by atoms with van der Waals surface area (Å²) in [5.41, 5.74) is 0.683. The lowest BCUT2D eigenvalue weighted by molar-refractivity contribution is 0.416. The number of rotatable bonds is 3. The van der Waals surface area contributed by atoms with Crippen LogP contribution in [0.15, 0.2) is 34.2 Å². The number of nitrogens with zero attached hydrogens (tertiary/aromatic N) is 4. The van der Waals surface area contributed by atoms with E-state index in [9.17, 15) is 4.79 Å². The summed E-state index contributed by atoms with van der Waals surface area (Å²) in [6.07, 6.45) is 1.83. The van der Waals surface area contributed by atoms with Crippen molar-refractivity contribution in [1.82, 2.24) is 25.1 Å². The molecule has 3 aromatic rings. The molecule has 106 valence electrons. The third-order valence-electron chi connectivity index (χ3n) is 2.86. The zero-order valence-electron chi connectivity index (χ0n) is 11.3. The number of hydrogen-bond donors (Lipinski definition) is 1. The number of H-pyrrole nitrogens is 1. The Kier molecular flexibility index (Phi) is 3.53. The van der Waals surface area contributed by atoms with E-state index in [4.69, 9.17) is 4.74 Å². The molecular formula is C13H11N5O2S. The lowest BCUT2D eigenvalue weighted by Crippen LogP contribution is -2.13. The van der Waals surface area contributed by atoms with Crippen LogP contribution in [0.3, 0.4) is 0 Å². The van der Waals surface area contributed by atoms with E-state index in [1.807, 2.05) is 24.5 Å². The number of aromatic amines is 1. The normalized spacial score (nSPS) is 10.8. The molecule has 21 heavy (non-hydrogen) atoms. The summed E-state index contributed by atoms with van der Waals surface area (Å²) in [6, 6.07) is 7.29. The lowest BCUT2D eigenvalue weighted by atomic mass is 10.2. The maximum atomic E-state index is 12.1. The molecule has 0 aliphatic carbocycles. The first-order valence-electron chi connectivity index (χ1n) is 6.05. The number of nitrogens with one attached hydrogen (secondary N) is 1. The summed E-state index contributed by atoms with van der Waals surface area (Å²) in [5.74, 6) is 1.00. The summed E-state index contributed by atoms with van der Waals surface area (Å²) in [4.78, 5) is 23.3. The van der Waals surface area contributed by atoms with Crippen LogP contribution in [0, 0.1) is 0 Å². The van der Waals surface area contributed by atoms with Gasteiger partial charge in [0.15, 0.2) is 11.2 Å². The van der Waals surface area contributed by atoms with Crippen molar-refractivity contribution in [3.8, 4) is 17.1 Å². The van der Waals surface area contributed by atoms with E-state index in [2.05, 4.69) is 25.1 Å². The summed E-state index contributed by atoms with van der Waals surface area (Å²) in [5, 5.41) is 8.16. The van der Waals surface area contributed by atoms with Gasteiger partial charge in [-0.15, -0.1) is 10.2 Å². The molecule has 1 aromatic carbocycles. The number of aromatic nitrogens is 5. The highest BCUT2D eigenvalue weighted by Gasteiger charge is 2.12. The average Bonchev–Trinajstić information content (AvgIpc) is 2.54. The standard InChI is InChI=1S/C13H11N5O2S/c1-20-8-6-4-3-5-7(8)10-14-11-9(12(19)15-10)17-18-13(16-11)21-2/h3-6H,1-2H3,(H,14,15,16,18,19). The molecule has 0 bridgehead atoms. The summed E-state index contributed by atoms with van der Waals surface area (Å²) in [7, 11) is 1.56. The molecule has 0 aliphatic heterocycles. The summed E-state index contributed by atoms with van der Waals surface area (Å²) >= 11 is 1.34. The number of methoxy groups -OCH3 is 1. The number of ether oxygens (including phenoxy) is 1. The van der Waals surface area contributed by atoms with Crippen molar-refractivity contribution in [2.75, 3.05) is 13.4 Å². The van der Waals surface area contributed by atoms with Crippen molar-refractivity contribution in [3.05, 3.63) is 34.6 Å². The van der Waals surface area contributed by atoms with Crippen LogP contribution in [-0.4, -0.2) is 38.5 Å². The second-order valence-corrected chi connectivity index (χ2v) is 4.86. The number of benzene rings is 1. The van der Waals surface area contributed by atoms with Crippen molar-refractivity contribution in [1.29, 1.82) is 0 Å². The minimum atomic E-state index is -0.381. The molecule has 0 atom stereocenters. The molecule has 0 amide bonds. The van der Waals surface area contributed by atoms with Crippen molar-refractivity contribution >= 4 is 22.9 Å². The molecule has 0 saturated carbocycles. The van der Waals surface area contributed by atoms with Gasteiger partial charge >= 0.3 is 0 Å². The fraction of sp³-hybridized carbons (Fsp3) is 0.154. The Labute approximate surface area is 123 Å². The van der Waals surface area contributed by atoms with E-state index < -0.39 is 0 Å². The molecule has 0 unspecified atom stereocenters. The van der Waals surface area contributed by atoms with Gasteiger partial charge in [-0.2, -0.15) is 4.98 Å². The zero-order valence-corrected chi connectivity index (χ0v) is 12.1. The number of thioether (sulfide) groups is 1. The van der Waals surface area contributed by atoms with Crippen LogP contribution < -0.4 is 10.3 Å². The van der Waals surface area contributed by atoms with Crippen LogP contribution in [0.1, 0.15) is 0 Å². The average molecular weight is 301 g/mol. The van der Waals surface area contributed by atoms with Gasteiger partial charge in [0.05, 0.1) is 12.7 Å². The van der Waals surface area contributed by atoms with Gasteiger partial charge in [-0.05, 0) is 18.4 Å². The van der Waals surface area contributed by atoms with Crippen LogP contribution >= 0.6 is 11.8 Å². The molecule has 0 radical (unpaired) electrons. The smallest absolute Gasteiger partial charge is 0.281 e. The fourth-order valence-electron chi connectivity index (χ4n) is 1.88. The van der Waals surface area contributed by atoms with Crippen LogP contribution in [0.5, 0.6) is 5.75 Å². The lowest BCUT2D eigenvalue weighted by Gasteiger charge is -2.07. The van der Waals surface area contributed by atoms with Crippen LogP contribution in [0.4, 0.5) is 0 Å². The Hall–Kier alpha value is -2.48. The minimum Gasteiger partial charge on any atom is -0.496 e. The molecule has 1 N–H and O–H groups in total. The first-order chi connectivity index (χ1) is 10.2. The van der Waals surface area contributed by atoms with Crippen LogP contribution in [-0.2, 0) is 0 Å². The highest BCUT2D eigenvalue weighted by Crippen LogP contribution is 2.26. The molecule has 0 saturated heterocycles. The Balaban J connectivity index is 2.26. The molecule has 2 heterocycles. The number of para-hydroxylation sites is 1. The summed E-state index contributed by atoms with van der Waals surface area (Å²) in [6.45, 7) is 0. The molecular weight excluding hydrogens is 290 g/mol. The van der Waals surface area contributed by atoms with Crippen molar-refractivity contribution < 1.29 is 4.74 Å². The van der Waals surface area contributed by atoms with Gasteiger partial charge in [0.1, 0.15) is 11.6 Å². The van der Waals surface area contributed by atoms with E-state index >= 15 is 0 Å². The van der Waals surface area contributed by atoms with E-state index in [-0.39, 0.29) is 16.7 Å².